The Morgan fingerprint density at radius 1 is 1.13 bits per heavy atom. The number of amides is 1. The minimum atomic E-state index is -0.337. The summed E-state index contributed by atoms with van der Waals surface area (Å²) in [4.78, 5) is 19.4. The van der Waals surface area contributed by atoms with Crippen molar-refractivity contribution < 1.29 is 13.9 Å². The van der Waals surface area contributed by atoms with Gasteiger partial charge in [-0.25, -0.2) is 0 Å². The van der Waals surface area contributed by atoms with Crippen LogP contribution in [-0.2, 0) is 4.79 Å². The Balaban J connectivity index is 1.41. The normalized spacial score (nSPS) is 16.8. The highest BCUT2D eigenvalue weighted by molar-refractivity contribution is 7.80. The Bertz CT molecular complexity index is 1460. The molecule has 0 bridgehead atoms. The number of furan rings is 1. The average Bonchev–Trinajstić information content (AvgIpc) is 3.52. The number of ether oxygens (including phenoxy) is 1. The van der Waals surface area contributed by atoms with E-state index in [1.165, 1.54) is 0 Å². The quantitative estimate of drug-likeness (QED) is 0.231. The second-order valence-corrected chi connectivity index (χ2v) is 9.87. The highest BCUT2D eigenvalue weighted by atomic mass is 35.5. The molecule has 1 aliphatic heterocycles. The molecular weight excluding hydrogens is 543 g/mol. The van der Waals surface area contributed by atoms with E-state index in [9.17, 15) is 4.79 Å². The topological polar surface area (TPSA) is 79.6 Å². The third-order valence-electron chi connectivity index (χ3n) is 6.27. The number of nitrogens with zero attached hydrogens (tertiary/aromatic N) is 2. The van der Waals surface area contributed by atoms with Crippen molar-refractivity contribution in [3.8, 4) is 17.1 Å². The van der Waals surface area contributed by atoms with Gasteiger partial charge in [0.1, 0.15) is 23.3 Å². The van der Waals surface area contributed by atoms with Crippen LogP contribution in [0, 0.1) is 0 Å². The Labute approximate surface area is 235 Å². The van der Waals surface area contributed by atoms with Crippen LogP contribution in [0.2, 0.25) is 10.0 Å². The van der Waals surface area contributed by atoms with Gasteiger partial charge in [0.25, 0.3) is 0 Å². The van der Waals surface area contributed by atoms with E-state index in [0.717, 1.165) is 11.3 Å². The Hall–Kier alpha value is -3.59. The number of pyridine rings is 1. The molecule has 0 radical (unpaired) electrons. The largest absolute Gasteiger partial charge is 0.495 e. The predicted octanol–water partition coefficient (Wildman–Crippen LogP) is 6.66. The maximum atomic E-state index is 12.9. The van der Waals surface area contributed by atoms with E-state index in [2.05, 4.69) is 15.6 Å². The molecule has 1 aliphatic rings. The molecule has 38 heavy (non-hydrogen) atoms. The fraction of sp³-hybridized carbons (Fsp3) is 0.179. The maximum absolute atomic E-state index is 12.9. The summed E-state index contributed by atoms with van der Waals surface area (Å²) in [6, 6.07) is 21.4. The number of benzene rings is 2. The van der Waals surface area contributed by atoms with Crippen molar-refractivity contribution in [3.63, 3.8) is 0 Å². The van der Waals surface area contributed by atoms with Crippen molar-refractivity contribution in [3.05, 3.63) is 100 Å². The fourth-order valence-corrected chi connectivity index (χ4v) is 5.32. The molecule has 1 saturated heterocycles. The molecule has 7 nitrogen and oxygen atoms in total. The molecule has 194 valence electrons. The first-order valence-electron chi connectivity index (χ1n) is 11.9. The SMILES string of the molecule is COc1ccccc1NC(=O)CCN1C(=S)N[C@H](c2ccccn2)[C@H]1c1ccc(-c2ccc(Cl)cc2Cl)o1. The van der Waals surface area contributed by atoms with E-state index in [1.54, 1.807) is 37.6 Å². The van der Waals surface area contributed by atoms with E-state index in [0.29, 0.717) is 44.7 Å². The number of anilines is 1. The highest BCUT2D eigenvalue weighted by Crippen LogP contribution is 2.41. The number of halogens is 2. The lowest BCUT2D eigenvalue weighted by atomic mass is 10.0. The van der Waals surface area contributed by atoms with Gasteiger partial charge in [-0.3, -0.25) is 9.78 Å². The molecule has 2 atom stereocenters. The Kier molecular flexibility index (Phi) is 7.83. The van der Waals surface area contributed by atoms with Crippen LogP contribution in [0.25, 0.3) is 11.3 Å². The Morgan fingerprint density at radius 3 is 2.71 bits per heavy atom. The minimum Gasteiger partial charge on any atom is -0.495 e. The molecule has 2 aromatic carbocycles. The number of para-hydroxylation sites is 2. The number of carbonyl (C=O) groups excluding carboxylic acids is 1. The summed E-state index contributed by atoms with van der Waals surface area (Å²) in [6.45, 7) is 0.360. The van der Waals surface area contributed by atoms with Gasteiger partial charge in [-0.05, 0) is 66.8 Å². The number of methoxy groups -OCH3 is 1. The molecule has 10 heteroatoms. The van der Waals surface area contributed by atoms with Crippen molar-refractivity contribution in [1.82, 2.24) is 15.2 Å². The molecule has 3 heterocycles. The molecule has 0 aliphatic carbocycles. The standard InChI is InChI=1S/C28H24Cl2N4O3S/c1-36-23-8-3-2-6-20(23)32-25(35)13-15-34-27(26(33-28(34)38)21-7-4-5-14-31-21)24-12-11-22(37-24)18-10-9-17(29)16-19(18)30/h2-12,14,16,26-27H,13,15H2,1H3,(H,32,35)(H,33,38)/t26-,27-/m1/s1. The lowest BCUT2D eigenvalue weighted by Crippen LogP contribution is -2.32. The third-order valence-corrected chi connectivity index (χ3v) is 7.17. The molecule has 1 amide bonds. The van der Waals surface area contributed by atoms with Crippen LogP contribution in [-0.4, -0.2) is 34.6 Å². The molecule has 5 rings (SSSR count). The predicted molar refractivity (Wildman–Crippen MR) is 153 cm³/mol. The van der Waals surface area contributed by atoms with Crippen LogP contribution < -0.4 is 15.4 Å². The van der Waals surface area contributed by atoms with Gasteiger partial charge in [0.15, 0.2) is 5.11 Å². The molecule has 0 spiro atoms. The van der Waals surface area contributed by atoms with Gasteiger partial charge >= 0.3 is 0 Å². The zero-order valence-electron chi connectivity index (χ0n) is 20.4. The van der Waals surface area contributed by atoms with Crippen LogP contribution >= 0.6 is 35.4 Å². The van der Waals surface area contributed by atoms with Gasteiger partial charge in [0, 0.05) is 29.7 Å². The molecule has 1 fully saturated rings. The molecule has 4 aromatic rings. The monoisotopic (exact) mass is 566 g/mol. The van der Waals surface area contributed by atoms with Gasteiger partial charge in [0.05, 0.1) is 29.6 Å². The van der Waals surface area contributed by atoms with Crippen LogP contribution in [0.15, 0.2) is 83.4 Å². The second-order valence-electron chi connectivity index (χ2n) is 8.64. The van der Waals surface area contributed by atoms with Crippen molar-refractivity contribution >= 4 is 52.1 Å². The first-order valence-corrected chi connectivity index (χ1v) is 13.1. The molecule has 0 saturated carbocycles. The lowest BCUT2D eigenvalue weighted by molar-refractivity contribution is -0.116. The summed E-state index contributed by atoms with van der Waals surface area (Å²) in [5.41, 5.74) is 2.15. The van der Waals surface area contributed by atoms with E-state index in [4.69, 9.17) is 44.6 Å². The van der Waals surface area contributed by atoms with Crippen LogP contribution in [0.3, 0.4) is 0 Å². The van der Waals surface area contributed by atoms with Crippen molar-refractivity contribution in [2.24, 2.45) is 0 Å². The van der Waals surface area contributed by atoms with Crippen molar-refractivity contribution in [1.29, 1.82) is 0 Å². The van der Waals surface area contributed by atoms with Crippen LogP contribution in [0.4, 0.5) is 5.69 Å². The summed E-state index contributed by atoms with van der Waals surface area (Å²) < 4.78 is 11.7. The number of nitrogens with one attached hydrogen (secondary N) is 2. The van der Waals surface area contributed by atoms with E-state index in [1.807, 2.05) is 53.4 Å². The van der Waals surface area contributed by atoms with E-state index in [-0.39, 0.29) is 24.4 Å². The summed E-state index contributed by atoms with van der Waals surface area (Å²) in [7, 11) is 1.57. The third kappa shape index (κ3) is 5.48. The first-order chi connectivity index (χ1) is 18.4. The number of rotatable bonds is 8. The zero-order chi connectivity index (χ0) is 26.6. The van der Waals surface area contributed by atoms with Gasteiger partial charge < -0.3 is 24.7 Å². The van der Waals surface area contributed by atoms with Gasteiger partial charge in [-0.2, -0.15) is 0 Å². The summed E-state index contributed by atoms with van der Waals surface area (Å²) in [5, 5.41) is 7.83. The number of carbonyl (C=O) groups is 1. The summed E-state index contributed by atoms with van der Waals surface area (Å²) >= 11 is 18.2. The summed E-state index contributed by atoms with van der Waals surface area (Å²) in [5.74, 6) is 1.70. The lowest BCUT2D eigenvalue weighted by Gasteiger charge is -2.26. The highest BCUT2D eigenvalue weighted by Gasteiger charge is 2.41. The number of hydrogen-bond donors (Lipinski definition) is 2. The molecule has 2 aromatic heterocycles. The summed E-state index contributed by atoms with van der Waals surface area (Å²) in [6.07, 6.45) is 1.93. The number of hydrogen-bond acceptors (Lipinski definition) is 5. The molecular formula is C28H24Cl2N4O3S. The van der Waals surface area contributed by atoms with E-state index < -0.39 is 0 Å². The minimum absolute atomic E-state index is 0.162. The van der Waals surface area contributed by atoms with Gasteiger partial charge in [0.2, 0.25) is 5.91 Å². The van der Waals surface area contributed by atoms with Crippen molar-refractivity contribution in [2.75, 3.05) is 19.0 Å². The Morgan fingerprint density at radius 2 is 1.95 bits per heavy atom. The maximum Gasteiger partial charge on any atom is 0.226 e. The molecule has 2 N–H and O–H groups in total. The van der Waals surface area contributed by atoms with Crippen molar-refractivity contribution in [2.45, 2.75) is 18.5 Å². The van der Waals surface area contributed by atoms with Gasteiger partial charge in [-0.15, -0.1) is 0 Å². The molecule has 0 unspecified atom stereocenters. The van der Waals surface area contributed by atoms with Crippen LogP contribution in [0.5, 0.6) is 5.75 Å². The second kappa shape index (κ2) is 11.4. The number of thiocarbonyl (C=S) groups is 1. The van der Waals surface area contributed by atoms with Gasteiger partial charge in [-0.1, -0.05) is 41.4 Å². The average molecular weight is 567 g/mol. The van der Waals surface area contributed by atoms with E-state index >= 15 is 0 Å². The zero-order valence-corrected chi connectivity index (χ0v) is 22.7. The fourth-order valence-electron chi connectivity index (χ4n) is 4.48. The van der Waals surface area contributed by atoms with Crippen LogP contribution in [0.1, 0.15) is 30.0 Å². The number of aromatic nitrogens is 1. The first kappa shape index (κ1) is 26.0. The smallest absolute Gasteiger partial charge is 0.226 e.